The van der Waals surface area contributed by atoms with Gasteiger partial charge in [0.25, 0.3) is 0 Å². The fourth-order valence-electron chi connectivity index (χ4n) is 1.21. The molecule has 1 heterocycles. The minimum Gasteiger partial charge on any atom is -0.340 e. The third-order valence-corrected chi connectivity index (χ3v) is 3.07. The van der Waals surface area contributed by atoms with Gasteiger partial charge in [0.05, 0.1) is 23.7 Å². The fourth-order valence-corrected chi connectivity index (χ4v) is 1.76. The Morgan fingerprint density at radius 1 is 1.53 bits per heavy atom. The second kappa shape index (κ2) is 8.69. The van der Waals surface area contributed by atoms with Crippen molar-refractivity contribution in [2.24, 2.45) is 11.7 Å². The number of carbonyl (C=O) groups excluding carboxylic acids is 1. The van der Waals surface area contributed by atoms with Crippen LogP contribution in [-0.4, -0.2) is 28.9 Å². The lowest BCUT2D eigenvalue weighted by atomic mass is 10.0. The molecule has 0 saturated carbocycles. The molecular weight excluding hydrogens is 281 g/mol. The van der Waals surface area contributed by atoms with Gasteiger partial charge in [0.2, 0.25) is 5.91 Å². The van der Waals surface area contributed by atoms with Crippen molar-refractivity contribution in [1.82, 2.24) is 9.88 Å². The van der Waals surface area contributed by atoms with Gasteiger partial charge in [-0.1, -0.05) is 6.92 Å². The summed E-state index contributed by atoms with van der Waals surface area (Å²) >= 11 is 1.53. The number of hydrogen-bond donors (Lipinski definition) is 1. The quantitative estimate of drug-likeness (QED) is 0.924. The van der Waals surface area contributed by atoms with E-state index in [4.69, 9.17) is 5.73 Å². The first-order valence-corrected chi connectivity index (χ1v) is 5.84. The van der Waals surface area contributed by atoms with E-state index in [1.165, 1.54) is 11.3 Å². The summed E-state index contributed by atoms with van der Waals surface area (Å²) in [4.78, 5) is 17.6. The maximum absolute atomic E-state index is 11.8. The van der Waals surface area contributed by atoms with Gasteiger partial charge in [-0.25, -0.2) is 4.98 Å². The van der Waals surface area contributed by atoms with E-state index in [1.54, 1.807) is 17.5 Å². The molecule has 0 radical (unpaired) electrons. The first-order valence-electron chi connectivity index (χ1n) is 4.90. The van der Waals surface area contributed by atoms with Gasteiger partial charge in [-0.05, 0) is 6.92 Å². The highest BCUT2D eigenvalue weighted by Crippen LogP contribution is 2.09. The van der Waals surface area contributed by atoms with E-state index in [0.717, 1.165) is 5.69 Å². The van der Waals surface area contributed by atoms with Crippen LogP contribution in [-0.2, 0) is 11.3 Å². The van der Waals surface area contributed by atoms with Crippen molar-refractivity contribution in [3.63, 3.8) is 0 Å². The molecule has 1 amide bonds. The summed E-state index contributed by atoms with van der Waals surface area (Å²) in [7, 11) is 1.78. The highest BCUT2D eigenvalue weighted by atomic mass is 35.5. The largest absolute Gasteiger partial charge is 0.340 e. The molecule has 17 heavy (non-hydrogen) atoms. The van der Waals surface area contributed by atoms with Gasteiger partial charge in [0.1, 0.15) is 0 Å². The zero-order valence-electron chi connectivity index (χ0n) is 10.1. The van der Waals surface area contributed by atoms with Crippen molar-refractivity contribution in [3.05, 3.63) is 16.6 Å². The Kier molecular flexibility index (Phi) is 9.71. The number of hydrogen-bond acceptors (Lipinski definition) is 4. The molecule has 7 heteroatoms. The number of nitrogens with two attached hydrogens (primary N) is 1. The van der Waals surface area contributed by atoms with Crippen molar-refractivity contribution >= 4 is 42.1 Å². The molecule has 0 spiro atoms. The van der Waals surface area contributed by atoms with E-state index in [0.29, 0.717) is 6.54 Å². The predicted octanol–water partition coefficient (Wildman–Crippen LogP) is 1.93. The third-order valence-electron chi connectivity index (χ3n) is 2.44. The van der Waals surface area contributed by atoms with Crippen LogP contribution in [0.3, 0.4) is 0 Å². The summed E-state index contributed by atoms with van der Waals surface area (Å²) in [6.45, 7) is 4.25. The van der Waals surface area contributed by atoms with Crippen molar-refractivity contribution in [2.45, 2.75) is 26.4 Å². The van der Waals surface area contributed by atoms with Gasteiger partial charge in [-0.2, -0.15) is 0 Å². The monoisotopic (exact) mass is 299 g/mol. The number of rotatable bonds is 4. The van der Waals surface area contributed by atoms with Crippen LogP contribution in [0.15, 0.2) is 10.9 Å². The van der Waals surface area contributed by atoms with Crippen molar-refractivity contribution < 1.29 is 4.79 Å². The molecule has 1 aromatic rings. The number of nitrogens with zero attached hydrogens (tertiary/aromatic N) is 2. The average molecular weight is 300 g/mol. The number of carbonyl (C=O) groups is 1. The second-order valence-electron chi connectivity index (χ2n) is 3.82. The molecule has 1 aromatic heterocycles. The third kappa shape index (κ3) is 5.68. The zero-order chi connectivity index (χ0) is 11.4. The lowest BCUT2D eigenvalue weighted by Gasteiger charge is -2.22. The smallest absolute Gasteiger partial charge is 0.227 e. The van der Waals surface area contributed by atoms with Crippen LogP contribution >= 0.6 is 36.2 Å². The Hall–Kier alpha value is -0.360. The number of aromatic nitrogens is 1. The predicted molar refractivity (Wildman–Crippen MR) is 75.9 cm³/mol. The first-order chi connectivity index (χ1) is 7.02. The van der Waals surface area contributed by atoms with E-state index < -0.39 is 0 Å². The summed E-state index contributed by atoms with van der Waals surface area (Å²) < 4.78 is 0. The molecule has 0 fully saturated rings. The van der Waals surface area contributed by atoms with Crippen LogP contribution in [0.25, 0.3) is 0 Å². The standard InChI is InChI=1S/C10H17N3OS.2ClH/c1-7(8(2)11)10(14)13(3)4-9-5-15-6-12-9;;/h5-8H,4,11H2,1-3H3;2*1H. The lowest BCUT2D eigenvalue weighted by molar-refractivity contribution is -0.134. The minimum atomic E-state index is -0.145. The molecule has 0 bridgehead atoms. The van der Waals surface area contributed by atoms with Crippen molar-refractivity contribution in [2.75, 3.05) is 7.05 Å². The topological polar surface area (TPSA) is 59.2 Å². The van der Waals surface area contributed by atoms with Gasteiger partial charge in [-0.3, -0.25) is 4.79 Å². The van der Waals surface area contributed by atoms with Crippen LogP contribution in [0.5, 0.6) is 0 Å². The second-order valence-corrected chi connectivity index (χ2v) is 4.54. The molecule has 2 unspecified atom stereocenters. The summed E-state index contributed by atoms with van der Waals surface area (Å²) in [5, 5.41) is 1.94. The van der Waals surface area contributed by atoms with E-state index in [9.17, 15) is 4.79 Å². The van der Waals surface area contributed by atoms with Crippen LogP contribution in [0, 0.1) is 5.92 Å². The number of amides is 1. The van der Waals surface area contributed by atoms with Crippen LogP contribution in [0.4, 0.5) is 0 Å². The Morgan fingerprint density at radius 2 is 2.12 bits per heavy atom. The highest BCUT2D eigenvalue weighted by molar-refractivity contribution is 7.07. The fraction of sp³-hybridized carbons (Fsp3) is 0.600. The molecule has 0 aliphatic heterocycles. The number of halogens is 2. The van der Waals surface area contributed by atoms with E-state index in [2.05, 4.69) is 4.98 Å². The van der Waals surface area contributed by atoms with Gasteiger partial charge < -0.3 is 10.6 Å². The maximum atomic E-state index is 11.8. The Labute approximate surface area is 118 Å². The average Bonchev–Trinajstić information content (AvgIpc) is 2.67. The normalized spacial score (nSPS) is 12.9. The van der Waals surface area contributed by atoms with E-state index in [-0.39, 0.29) is 42.7 Å². The first kappa shape index (κ1) is 19.0. The Balaban J connectivity index is 0. The molecule has 0 saturated heterocycles. The molecular formula is C10H19Cl2N3OS. The van der Waals surface area contributed by atoms with Gasteiger partial charge in [0, 0.05) is 18.5 Å². The van der Waals surface area contributed by atoms with Gasteiger partial charge in [-0.15, -0.1) is 36.2 Å². The zero-order valence-corrected chi connectivity index (χ0v) is 12.6. The summed E-state index contributed by atoms with van der Waals surface area (Å²) in [5.74, 6) is -0.0772. The number of thiazole rings is 1. The molecule has 2 N–H and O–H groups in total. The van der Waals surface area contributed by atoms with Gasteiger partial charge >= 0.3 is 0 Å². The van der Waals surface area contributed by atoms with Crippen molar-refractivity contribution in [1.29, 1.82) is 0 Å². The summed E-state index contributed by atoms with van der Waals surface area (Å²) in [6, 6.07) is -0.115. The highest BCUT2D eigenvalue weighted by Gasteiger charge is 2.21. The molecule has 100 valence electrons. The Bertz CT molecular complexity index is 319. The molecule has 0 aliphatic rings. The van der Waals surface area contributed by atoms with Crippen LogP contribution in [0.1, 0.15) is 19.5 Å². The summed E-state index contributed by atoms with van der Waals surface area (Å²) in [6.07, 6.45) is 0. The maximum Gasteiger partial charge on any atom is 0.227 e. The molecule has 4 nitrogen and oxygen atoms in total. The Morgan fingerprint density at radius 3 is 2.53 bits per heavy atom. The molecule has 2 atom stereocenters. The van der Waals surface area contributed by atoms with Crippen molar-refractivity contribution in [3.8, 4) is 0 Å². The van der Waals surface area contributed by atoms with Crippen LogP contribution in [0.2, 0.25) is 0 Å². The SMILES string of the molecule is CC(N)C(C)C(=O)N(C)Cc1cscn1.Cl.Cl. The van der Waals surface area contributed by atoms with E-state index >= 15 is 0 Å². The minimum absolute atomic E-state index is 0. The molecule has 0 aliphatic carbocycles. The molecule has 0 aromatic carbocycles. The van der Waals surface area contributed by atoms with E-state index in [1.807, 2.05) is 19.2 Å². The van der Waals surface area contributed by atoms with Crippen LogP contribution < -0.4 is 5.73 Å². The summed E-state index contributed by atoms with van der Waals surface area (Å²) in [5.41, 5.74) is 8.38. The molecule has 1 rings (SSSR count). The lowest BCUT2D eigenvalue weighted by Crippen LogP contribution is -2.39. The van der Waals surface area contributed by atoms with Gasteiger partial charge in [0.15, 0.2) is 0 Å².